The van der Waals surface area contributed by atoms with Crippen LogP contribution in [0.1, 0.15) is 43.8 Å². The summed E-state index contributed by atoms with van der Waals surface area (Å²) in [6, 6.07) is 9.52. The summed E-state index contributed by atoms with van der Waals surface area (Å²) in [5.41, 5.74) is -3.46. The molecule has 1 aromatic rings. The van der Waals surface area contributed by atoms with Gasteiger partial charge in [-0.1, -0.05) is 12.8 Å². The Morgan fingerprint density at radius 1 is 0.938 bits per heavy atom. The molecule has 0 radical (unpaired) electrons. The van der Waals surface area contributed by atoms with Crippen LogP contribution in [-0.2, 0) is 9.47 Å². The van der Waals surface area contributed by atoms with Crippen molar-refractivity contribution in [2.45, 2.75) is 44.0 Å². The van der Waals surface area contributed by atoms with Gasteiger partial charge in [-0.3, -0.25) is 5.41 Å². The minimum atomic E-state index is -2.04. The highest BCUT2D eigenvalue weighted by molar-refractivity contribution is 5.89. The number of methoxy groups -OCH3 is 3. The van der Waals surface area contributed by atoms with E-state index in [-0.39, 0.29) is 5.90 Å². The van der Waals surface area contributed by atoms with Crippen LogP contribution in [0.2, 0.25) is 0 Å². The zero-order valence-electron chi connectivity index (χ0n) is 18.2. The van der Waals surface area contributed by atoms with E-state index >= 15 is 0 Å². The zero-order chi connectivity index (χ0) is 23.1. The molecule has 2 bridgehead atoms. The largest absolute Gasteiger partial charge is 0.496 e. The van der Waals surface area contributed by atoms with E-state index in [1.807, 2.05) is 0 Å². The number of nitrogens with zero attached hydrogens (tertiary/aromatic N) is 3. The fourth-order valence-corrected chi connectivity index (χ4v) is 5.57. The predicted octanol–water partition coefficient (Wildman–Crippen LogP) is 3.61. The minimum Gasteiger partial charge on any atom is -0.496 e. The molecular formula is C23H24N4O5. The van der Waals surface area contributed by atoms with Crippen molar-refractivity contribution >= 4 is 5.90 Å². The van der Waals surface area contributed by atoms with Gasteiger partial charge in [-0.05, 0) is 18.9 Å². The second kappa shape index (κ2) is 7.58. The van der Waals surface area contributed by atoms with E-state index in [0.29, 0.717) is 35.7 Å². The number of rotatable bonds is 4. The molecule has 1 N–H and O–H groups in total. The Kier molecular flexibility index (Phi) is 5.15. The molecule has 9 heteroatoms. The standard InChI is InChI=1S/C23H24N4O5/c1-28-15-10-17(30-3)16(29-2)9-14(15)19-21(11-24,12-25)22(13-26)18-7-5-4-6-8-23(18,31-19)32-20(22)27/h9-10,18-19,27H,4-8H2,1-3H3. The maximum Gasteiger partial charge on any atom is 0.217 e. The molecule has 4 unspecified atom stereocenters. The van der Waals surface area contributed by atoms with E-state index in [2.05, 4.69) is 18.2 Å². The number of nitriles is 3. The molecule has 1 saturated carbocycles. The highest BCUT2D eigenvalue weighted by atomic mass is 16.7. The molecule has 2 aliphatic heterocycles. The van der Waals surface area contributed by atoms with Crippen molar-refractivity contribution in [3.05, 3.63) is 17.7 Å². The van der Waals surface area contributed by atoms with Crippen molar-refractivity contribution in [3.8, 4) is 35.5 Å². The Labute approximate surface area is 186 Å². The van der Waals surface area contributed by atoms with Crippen molar-refractivity contribution in [1.82, 2.24) is 0 Å². The molecule has 1 aromatic carbocycles. The SMILES string of the molecule is COc1cc(OC)c(C2OC34CCCCCC3C(C#N)(C(=N)O4)C2(C#N)C#N)cc1OC. The van der Waals surface area contributed by atoms with Crippen LogP contribution in [0.5, 0.6) is 17.2 Å². The normalized spacial score (nSPS) is 32.2. The van der Waals surface area contributed by atoms with Gasteiger partial charge in [0.1, 0.15) is 11.9 Å². The second-order valence-corrected chi connectivity index (χ2v) is 8.29. The molecule has 0 aromatic heterocycles. The van der Waals surface area contributed by atoms with Crippen LogP contribution in [0.4, 0.5) is 0 Å². The third-order valence-electron chi connectivity index (χ3n) is 7.08. The fraction of sp³-hybridized carbons (Fsp3) is 0.565. The van der Waals surface area contributed by atoms with Crippen LogP contribution in [0.25, 0.3) is 0 Å². The molecule has 9 nitrogen and oxygen atoms in total. The molecular weight excluding hydrogens is 412 g/mol. The number of benzene rings is 1. The highest BCUT2D eigenvalue weighted by Crippen LogP contribution is 2.69. The van der Waals surface area contributed by atoms with E-state index in [9.17, 15) is 15.8 Å². The van der Waals surface area contributed by atoms with Gasteiger partial charge in [0.15, 0.2) is 16.9 Å². The van der Waals surface area contributed by atoms with Crippen molar-refractivity contribution in [3.63, 3.8) is 0 Å². The quantitative estimate of drug-likeness (QED) is 0.754. The van der Waals surface area contributed by atoms with Gasteiger partial charge >= 0.3 is 0 Å². The molecule has 166 valence electrons. The van der Waals surface area contributed by atoms with Crippen LogP contribution in [0, 0.1) is 56.2 Å². The molecule has 2 saturated heterocycles. The van der Waals surface area contributed by atoms with Gasteiger partial charge in [0, 0.05) is 18.1 Å². The van der Waals surface area contributed by atoms with Gasteiger partial charge in [-0.15, -0.1) is 0 Å². The summed E-state index contributed by atoms with van der Waals surface area (Å²) in [4.78, 5) is 0. The number of nitrogens with one attached hydrogen (secondary N) is 1. The van der Waals surface area contributed by atoms with Gasteiger partial charge in [0.05, 0.1) is 45.5 Å². The van der Waals surface area contributed by atoms with E-state index < -0.39 is 28.6 Å². The fourth-order valence-electron chi connectivity index (χ4n) is 5.57. The van der Waals surface area contributed by atoms with Gasteiger partial charge in [-0.25, -0.2) is 0 Å². The smallest absolute Gasteiger partial charge is 0.217 e. The van der Waals surface area contributed by atoms with E-state index in [0.717, 1.165) is 19.3 Å². The molecule has 2 heterocycles. The molecule has 1 aliphatic carbocycles. The number of ether oxygens (including phenoxy) is 5. The molecule has 3 aliphatic rings. The lowest BCUT2D eigenvalue weighted by Crippen LogP contribution is -2.59. The summed E-state index contributed by atoms with van der Waals surface area (Å²) in [5.74, 6) is -1.18. The first-order valence-corrected chi connectivity index (χ1v) is 10.4. The third-order valence-corrected chi connectivity index (χ3v) is 7.08. The third kappa shape index (κ3) is 2.48. The Hall–Kier alpha value is -3.48. The predicted molar refractivity (Wildman–Crippen MR) is 110 cm³/mol. The van der Waals surface area contributed by atoms with Crippen LogP contribution >= 0.6 is 0 Å². The van der Waals surface area contributed by atoms with Gasteiger partial charge < -0.3 is 23.7 Å². The highest BCUT2D eigenvalue weighted by Gasteiger charge is 2.80. The maximum atomic E-state index is 10.4. The van der Waals surface area contributed by atoms with Gasteiger partial charge in [0.2, 0.25) is 17.1 Å². The van der Waals surface area contributed by atoms with Crippen LogP contribution in [0.15, 0.2) is 12.1 Å². The molecule has 3 fully saturated rings. The zero-order valence-corrected chi connectivity index (χ0v) is 18.2. The summed E-state index contributed by atoms with van der Waals surface area (Å²) in [6.45, 7) is 0. The van der Waals surface area contributed by atoms with Crippen LogP contribution < -0.4 is 14.2 Å². The van der Waals surface area contributed by atoms with Gasteiger partial charge in [0.25, 0.3) is 0 Å². The van der Waals surface area contributed by atoms with Crippen molar-refractivity contribution in [1.29, 1.82) is 21.2 Å². The second-order valence-electron chi connectivity index (χ2n) is 8.29. The molecule has 32 heavy (non-hydrogen) atoms. The average molecular weight is 436 g/mol. The summed E-state index contributed by atoms with van der Waals surface area (Å²) in [7, 11) is 4.41. The molecule has 4 atom stereocenters. The summed E-state index contributed by atoms with van der Waals surface area (Å²) in [5, 5.41) is 39.9. The van der Waals surface area contributed by atoms with Gasteiger partial charge in [-0.2, -0.15) is 15.8 Å². The molecule has 0 amide bonds. The molecule has 0 spiro atoms. The Morgan fingerprint density at radius 2 is 1.59 bits per heavy atom. The lowest BCUT2D eigenvalue weighted by atomic mass is 9.52. The van der Waals surface area contributed by atoms with Crippen molar-refractivity contribution < 1.29 is 23.7 Å². The first kappa shape index (κ1) is 21.7. The maximum absolute atomic E-state index is 10.4. The van der Waals surface area contributed by atoms with Crippen LogP contribution in [0.3, 0.4) is 0 Å². The lowest BCUT2D eigenvalue weighted by molar-refractivity contribution is -0.285. The Bertz CT molecular complexity index is 1070. The first-order valence-electron chi connectivity index (χ1n) is 10.4. The Morgan fingerprint density at radius 3 is 2.19 bits per heavy atom. The number of hydrogen-bond acceptors (Lipinski definition) is 9. The minimum absolute atomic E-state index is 0.310. The van der Waals surface area contributed by atoms with Crippen molar-refractivity contribution in [2.75, 3.05) is 21.3 Å². The van der Waals surface area contributed by atoms with E-state index in [1.165, 1.54) is 21.3 Å². The monoisotopic (exact) mass is 436 g/mol. The summed E-state index contributed by atoms with van der Waals surface area (Å²) < 4.78 is 28.8. The van der Waals surface area contributed by atoms with E-state index in [4.69, 9.17) is 29.1 Å². The Balaban J connectivity index is 2.03. The molecule has 4 rings (SSSR count). The topological polar surface area (TPSA) is 141 Å². The summed E-state index contributed by atoms with van der Waals surface area (Å²) in [6.07, 6.45) is 2.26. The van der Waals surface area contributed by atoms with Crippen LogP contribution in [-0.4, -0.2) is 33.0 Å². The van der Waals surface area contributed by atoms with E-state index in [1.54, 1.807) is 12.1 Å². The number of hydrogen-bond donors (Lipinski definition) is 1. The lowest BCUT2D eigenvalue weighted by Gasteiger charge is -2.49. The first-order chi connectivity index (χ1) is 15.4. The average Bonchev–Trinajstić information content (AvgIpc) is 2.94. The van der Waals surface area contributed by atoms with Crippen molar-refractivity contribution in [2.24, 2.45) is 16.7 Å². The summed E-state index contributed by atoms with van der Waals surface area (Å²) >= 11 is 0.